The van der Waals surface area contributed by atoms with Crippen LogP contribution in [0.2, 0.25) is 0 Å². The molecule has 7 heteroatoms. The minimum absolute atomic E-state index is 0. The van der Waals surface area contributed by atoms with E-state index in [1.54, 1.807) is 0 Å². The SMILES string of the molecule is CCC(C)NC(=O)S.NC(=O)S.[H-].[Na+]. The Kier molecular flexibility index (Phi) is 18.7. The van der Waals surface area contributed by atoms with Crippen molar-refractivity contribution in [2.24, 2.45) is 5.73 Å². The monoisotopic (exact) mass is 234 g/mol. The van der Waals surface area contributed by atoms with Gasteiger partial charge in [0.2, 0.25) is 0 Å². The van der Waals surface area contributed by atoms with Crippen molar-refractivity contribution in [2.75, 3.05) is 0 Å². The van der Waals surface area contributed by atoms with Gasteiger partial charge in [-0.15, -0.1) is 0 Å². The zero-order valence-electron chi connectivity index (χ0n) is 9.07. The average molecular weight is 234 g/mol. The predicted molar refractivity (Wildman–Crippen MR) is 57.0 cm³/mol. The van der Waals surface area contributed by atoms with E-state index < -0.39 is 5.24 Å². The largest absolute Gasteiger partial charge is 1.00 e. The smallest absolute Gasteiger partial charge is 1.00 e. The van der Waals surface area contributed by atoms with E-state index in [1.165, 1.54) is 0 Å². The summed E-state index contributed by atoms with van der Waals surface area (Å²) in [5, 5.41) is 1.73. The van der Waals surface area contributed by atoms with Crippen molar-refractivity contribution in [3.63, 3.8) is 0 Å². The van der Waals surface area contributed by atoms with E-state index in [0.717, 1.165) is 6.42 Å². The third-order valence-corrected chi connectivity index (χ3v) is 1.11. The molecule has 0 saturated heterocycles. The Morgan fingerprint density at radius 3 is 1.92 bits per heavy atom. The number of primary amides is 1. The van der Waals surface area contributed by atoms with Gasteiger partial charge in [0.15, 0.2) is 0 Å². The maximum atomic E-state index is 10.2. The standard InChI is InChI=1S/C5H11NOS.CH3NOS.Na.H/c1-3-4(2)6-5(7)8;2-1(3)4;;/h4H,3H2,1-2H3,(H2,6,7,8);(H3,2,3,4);;/q;;+1;-1. The van der Waals surface area contributed by atoms with Gasteiger partial charge in [-0.05, 0) is 13.3 Å². The van der Waals surface area contributed by atoms with Crippen LogP contribution in [-0.4, -0.2) is 16.5 Å². The minimum Gasteiger partial charge on any atom is -1.00 e. The molecule has 0 rings (SSSR count). The number of rotatable bonds is 2. The molecule has 3 N–H and O–H groups in total. The molecular formula is C6H15N2NaO2S2. The van der Waals surface area contributed by atoms with Gasteiger partial charge in [0.25, 0.3) is 10.5 Å². The van der Waals surface area contributed by atoms with Crippen molar-refractivity contribution in [2.45, 2.75) is 26.3 Å². The second kappa shape index (κ2) is 12.6. The van der Waals surface area contributed by atoms with Crippen LogP contribution in [0.25, 0.3) is 0 Å². The maximum Gasteiger partial charge on any atom is 1.00 e. The zero-order valence-corrected chi connectivity index (χ0v) is 11.9. The molecular weight excluding hydrogens is 219 g/mol. The Morgan fingerprint density at radius 1 is 1.54 bits per heavy atom. The fourth-order valence-electron chi connectivity index (χ4n) is 0.313. The Labute approximate surface area is 113 Å². The molecule has 0 heterocycles. The van der Waals surface area contributed by atoms with Crippen LogP contribution in [0.4, 0.5) is 9.59 Å². The first kappa shape index (κ1) is 19.2. The number of hydrogen-bond acceptors (Lipinski definition) is 2. The summed E-state index contributed by atoms with van der Waals surface area (Å²) in [7, 11) is 0. The van der Waals surface area contributed by atoms with Gasteiger partial charge in [-0.3, -0.25) is 9.59 Å². The molecule has 1 atom stereocenters. The van der Waals surface area contributed by atoms with Crippen LogP contribution in [-0.2, 0) is 0 Å². The Balaban J connectivity index is -0.0000000733. The van der Waals surface area contributed by atoms with Crippen molar-refractivity contribution in [3.8, 4) is 0 Å². The Hall–Kier alpha value is 0.640. The summed E-state index contributed by atoms with van der Waals surface area (Å²) in [5.41, 5.74) is 4.34. The van der Waals surface area contributed by atoms with Crippen LogP contribution in [0.15, 0.2) is 0 Å². The normalized spacial score (nSPS) is 9.85. The molecule has 0 aromatic heterocycles. The van der Waals surface area contributed by atoms with E-state index in [0.29, 0.717) is 0 Å². The summed E-state index contributed by atoms with van der Waals surface area (Å²) in [5.74, 6) is 0. The molecule has 4 nitrogen and oxygen atoms in total. The van der Waals surface area contributed by atoms with Crippen LogP contribution in [0, 0.1) is 0 Å². The van der Waals surface area contributed by atoms with Gasteiger partial charge in [-0.1, -0.05) is 32.2 Å². The van der Waals surface area contributed by atoms with Crippen LogP contribution >= 0.6 is 25.3 Å². The first-order valence-electron chi connectivity index (χ1n) is 3.38. The van der Waals surface area contributed by atoms with E-state index in [2.05, 4.69) is 36.3 Å². The summed E-state index contributed by atoms with van der Waals surface area (Å²) >= 11 is 6.65. The summed E-state index contributed by atoms with van der Waals surface area (Å²) in [6, 6.07) is 0.250. The third kappa shape index (κ3) is 32.5. The quantitative estimate of drug-likeness (QED) is 0.348. The van der Waals surface area contributed by atoms with Gasteiger partial charge in [0.1, 0.15) is 0 Å². The fourth-order valence-corrected chi connectivity index (χ4v) is 0.533. The van der Waals surface area contributed by atoms with E-state index >= 15 is 0 Å². The van der Waals surface area contributed by atoms with E-state index in [4.69, 9.17) is 4.79 Å². The number of thiol groups is 2. The molecule has 2 amide bonds. The Bertz CT molecular complexity index is 159. The van der Waals surface area contributed by atoms with Crippen molar-refractivity contribution in [1.82, 2.24) is 5.32 Å². The third-order valence-electron chi connectivity index (χ3n) is 0.982. The molecule has 0 bridgehead atoms. The van der Waals surface area contributed by atoms with Gasteiger partial charge in [-0.25, -0.2) is 0 Å². The van der Waals surface area contributed by atoms with Gasteiger partial charge < -0.3 is 12.5 Å². The first-order chi connectivity index (χ1) is 5.40. The van der Waals surface area contributed by atoms with Gasteiger partial charge in [0.05, 0.1) is 0 Å². The topological polar surface area (TPSA) is 72.2 Å². The molecule has 0 radical (unpaired) electrons. The minimum atomic E-state index is -0.639. The Morgan fingerprint density at radius 2 is 1.85 bits per heavy atom. The number of carbonyl (C=O) groups excluding carboxylic acids is 2. The summed E-state index contributed by atoms with van der Waals surface area (Å²) in [6.45, 7) is 3.95. The summed E-state index contributed by atoms with van der Waals surface area (Å²) < 4.78 is 0. The van der Waals surface area contributed by atoms with Crippen molar-refractivity contribution in [1.29, 1.82) is 0 Å². The second-order valence-corrected chi connectivity index (χ2v) is 2.94. The van der Waals surface area contributed by atoms with Crippen LogP contribution < -0.4 is 40.6 Å². The van der Waals surface area contributed by atoms with E-state index in [1.807, 2.05) is 13.8 Å². The van der Waals surface area contributed by atoms with Crippen molar-refractivity contribution >= 4 is 35.7 Å². The van der Waals surface area contributed by atoms with Crippen LogP contribution in [0.5, 0.6) is 0 Å². The molecule has 0 fully saturated rings. The van der Waals surface area contributed by atoms with Crippen LogP contribution in [0.1, 0.15) is 21.7 Å². The summed E-state index contributed by atoms with van der Waals surface area (Å²) in [6.07, 6.45) is 0.951. The van der Waals surface area contributed by atoms with E-state index in [9.17, 15) is 4.79 Å². The molecule has 0 aromatic carbocycles. The molecule has 0 aliphatic carbocycles. The zero-order chi connectivity index (χ0) is 10.1. The number of nitrogens with one attached hydrogen (secondary N) is 1. The first-order valence-corrected chi connectivity index (χ1v) is 4.27. The van der Waals surface area contributed by atoms with Crippen LogP contribution in [0.3, 0.4) is 0 Å². The predicted octanol–water partition coefficient (Wildman–Crippen LogP) is -1.46. The molecule has 0 aliphatic rings. The number of nitrogens with two attached hydrogens (primary N) is 1. The molecule has 13 heavy (non-hydrogen) atoms. The molecule has 1 unspecified atom stereocenters. The second-order valence-electron chi connectivity index (χ2n) is 2.10. The van der Waals surface area contributed by atoms with E-state index in [-0.39, 0.29) is 42.3 Å². The van der Waals surface area contributed by atoms with Gasteiger partial charge in [-0.2, -0.15) is 0 Å². The number of carbonyl (C=O) groups is 2. The number of amides is 2. The molecule has 0 aliphatic heterocycles. The maximum absolute atomic E-state index is 10.2. The van der Waals surface area contributed by atoms with Gasteiger partial charge >= 0.3 is 29.6 Å². The van der Waals surface area contributed by atoms with Gasteiger partial charge in [0, 0.05) is 6.04 Å². The average Bonchev–Trinajstić information content (AvgIpc) is 1.84. The van der Waals surface area contributed by atoms with Crippen molar-refractivity contribution < 1.29 is 40.6 Å². The molecule has 74 valence electrons. The van der Waals surface area contributed by atoms with Crippen molar-refractivity contribution in [3.05, 3.63) is 0 Å². The fraction of sp³-hybridized carbons (Fsp3) is 0.667. The number of hydrogen-bond donors (Lipinski definition) is 4. The molecule has 0 aromatic rings. The summed E-state index contributed by atoms with van der Waals surface area (Å²) in [4.78, 5) is 19.3. The molecule has 0 spiro atoms. The molecule has 0 saturated carbocycles.